The van der Waals surface area contributed by atoms with E-state index < -0.39 is 22.8 Å². The predicted molar refractivity (Wildman–Crippen MR) is 65.6 cm³/mol. The molecular formula is C13H24O4. The lowest BCUT2D eigenvalue weighted by atomic mass is 9.68. The Morgan fingerprint density at radius 1 is 1.06 bits per heavy atom. The number of carboxylic acids is 1. The van der Waals surface area contributed by atoms with E-state index in [-0.39, 0.29) is 12.0 Å². The van der Waals surface area contributed by atoms with Gasteiger partial charge in [-0.1, -0.05) is 34.6 Å². The van der Waals surface area contributed by atoms with Gasteiger partial charge in [0.2, 0.25) is 0 Å². The first-order chi connectivity index (χ1) is 7.44. The molecule has 100 valence electrons. The lowest BCUT2D eigenvalue weighted by Gasteiger charge is -2.36. The van der Waals surface area contributed by atoms with E-state index in [1.165, 1.54) is 6.92 Å². The topological polar surface area (TPSA) is 63.6 Å². The van der Waals surface area contributed by atoms with E-state index in [4.69, 9.17) is 4.74 Å². The second kappa shape index (κ2) is 5.07. The highest BCUT2D eigenvalue weighted by Crippen LogP contribution is 2.40. The zero-order valence-corrected chi connectivity index (χ0v) is 11.8. The molecule has 0 saturated heterocycles. The summed E-state index contributed by atoms with van der Waals surface area (Å²) in [6.45, 7) is 12.2. The summed E-state index contributed by atoms with van der Waals surface area (Å²) in [5.41, 5.74) is -2.23. The van der Waals surface area contributed by atoms with Gasteiger partial charge < -0.3 is 9.84 Å². The van der Waals surface area contributed by atoms with Crippen molar-refractivity contribution in [2.24, 2.45) is 16.7 Å². The van der Waals surface area contributed by atoms with Gasteiger partial charge in [-0.05, 0) is 25.2 Å². The van der Waals surface area contributed by atoms with Crippen molar-refractivity contribution in [2.45, 2.75) is 54.6 Å². The fraction of sp³-hybridized carbons (Fsp3) is 0.846. The van der Waals surface area contributed by atoms with Gasteiger partial charge in [0, 0.05) is 0 Å². The average Bonchev–Trinajstić information content (AvgIpc) is 2.13. The lowest BCUT2D eigenvalue weighted by Crippen LogP contribution is -2.49. The molecule has 0 rings (SSSR count). The van der Waals surface area contributed by atoms with Gasteiger partial charge in [-0.15, -0.1) is 0 Å². The third-order valence-corrected chi connectivity index (χ3v) is 3.57. The number of esters is 1. The Kier molecular flexibility index (Phi) is 4.75. The molecular weight excluding hydrogens is 220 g/mol. The number of carbonyl (C=O) groups is 2. The monoisotopic (exact) mass is 244 g/mol. The minimum Gasteiger partial charge on any atom is -0.480 e. The third-order valence-electron chi connectivity index (χ3n) is 3.57. The fourth-order valence-electron chi connectivity index (χ4n) is 1.14. The van der Waals surface area contributed by atoms with Crippen LogP contribution in [-0.2, 0) is 14.3 Å². The Morgan fingerprint density at radius 3 is 1.71 bits per heavy atom. The van der Waals surface area contributed by atoms with Crippen molar-refractivity contribution in [3.8, 4) is 0 Å². The van der Waals surface area contributed by atoms with Crippen LogP contribution in [0.15, 0.2) is 0 Å². The first-order valence-electron chi connectivity index (χ1n) is 5.89. The van der Waals surface area contributed by atoms with Crippen LogP contribution in [0, 0.1) is 16.7 Å². The van der Waals surface area contributed by atoms with Crippen molar-refractivity contribution in [1.82, 2.24) is 0 Å². The summed E-state index contributed by atoms with van der Waals surface area (Å²) in [7, 11) is 0. The molecule has 0 aromatic heterocycles. The average molecular weight is 244 g/mol. The molecule has 0 aromatic rings. The standard InChI is InChI=1S/C13H24O4/c1-8(2)9(3)17-11(16)13(7,10(14)15)12(4,5)6/h8-9H,1-7H3,(H,14,15). The smallest absolute Gasteiger partial charge is 0.324 e. The molecule has 17 heavy (non-hydrogen) atoms. The number of carboxylic acid groups (broad SMARTS) is 1. The van der Waals surface area contributed by atoms with Crippen molar-refractivity contribution in [3.63, 3.8) is 0 Å². The molecule has 0 saturated carbocycles. The zero-order valence-electron chi connectivity index (χ0n) is 11.8. The summed E-state index contributed by atoms with van der Waals surface area (Å²) in [5, 5.41) is 9.29. The molecule has 0 aliphatic heterocycles. The number of hydrogen-bond donors (Lipinski definition) is 1. The van der Waals surface area contributed by atoms with Crippen LogP contribution < -0.4 is 0 Å². The summed E-state index contributed by atoms with van der Waals surface area (Å²) < 4.78 is 5.24. The summed E-state index contributed by atoms with van der Waals surface area (Å²) >= 11 is 0. The van der Waals surface area contributed by atoms with Crippen LogP contribution in [0.5, 0.6) is 0 Å². The Hall–Kier alpha value is -1.06. The summed E-state index contributed by atoms with van der Waals surface area (Å²) in [4.78, 5) is 23.4. The van der Waals surface area contributed by atoms with Crippen LogP contribution in [0.1, 0.15) is 48.5 Å². The fourth-order valence-corrected chi connectivity index (χ4v) is 1.14. The molecule has 0 aromatic carbocycles. The van der Waals surface area contributed by atoms with Crippen LogP contribution in [0.3, 0.4) is 0 Å². The number of rotatable bonds is 4. The molecule has 4 nitrogen and oxygen atoms in total. The summed E-state index contributed by atoms with van der Waals surface area (Å²) in [6, 6.07) is 0. The predicted octanol–water partition coefficient (Wildman–Crippen LogP) is 2.71. The van der Waals surface area contributed by atoms with Crippen molar-refractivity contribution >= 4 is 11.9 Å². The quantitative estimate of drug-likeness (QED) is 0.610. The van der Waals surface area contributed by atoms with Crippen LogP contribution >= 0.6 is 0 Å². The number of hydrogen-bond acceptors (Lipinski definition) is 3. The molecule has 0 bridgehead atoms. The van der Waals surface area contributed by atoms with E-state index in [1.807, 2.05) is 13.8 Å². The second-order valence-corrected chi connectivity index (χ2v) is 6.03. The van der Waals surface area contributed by atoms with Gasteiger partial charge in [-0.3, -0.25) is 9.59 Å². The maximum Gasteiger partial charge on any atom is 0.324 e. The van der Waals surface area contributed by atoms with Gasteiger partial charge in [-0.2, -0.15) is 0 Å². The lowest BCUT2D eigenvalue weighted by molar-refractivity contribution is -0.180. The van der Waals surface area contributed by atoms with E-state index in [2.05, 4.69) is 0 Å². The third kappa shape index (κ3) is 3.20. The second-order valence-electron chi connectivity index (χ2n) is 6.03. The van der Waals surface area contributed by atoms with Gasteiger partial charge >= 0.3 is 11.9 Å². The van der Waals surface area contributed by atoms with Crippen molar-refractivity contribution < 1.29 is 19.4 Å². The maximum absolute atomic E-state index is 12.1. The highest BCUT2D eigenvalue weighted by molar-refractivity contribution is 5.99. The normalized spacial score (nSPS) is 17.4. The Bertz CT molecular complexity index is 301. The maximum atomic E-state index is 12.1. The first kappa shape index (κ1) is 15.9. The van der Waals surface area contributed by atoms with Crippen LogP contribution in [0.25, 0.3) is 0 Å². The van der Waals surface area contributed by atoms with Crippen LogP contribution in [-0.4, -0.2) is 23.1 Å². The number of carbonyl (C=O) groups excluding carboxylic acids is 1. The molecule has 0 radical (unpaired) electrons. The largest absolute Gasteiger partial charge is 0.480 e. The molecule has 0 aliphatic rings. The van der Waals surface area contributed by atoms with E-state index in [0.717, 1.165) is 0 Å². The molecule has 2 unspecified atom stereocenters. The van der Waals surface area contributed by atoms with E-state index in [0.29, 0.717) is 0 Å². The molecule has 1 N–H and O–H groups in total. The SMILES string of the molecule is CC(C)C(C)OC(=O)C(C)(C(=O)O)C(C)(C)C. The van der Waals surface area contributed by atoms with Crippen LogP contribution in [0.2, 0.25) is 0 Å². The van der Waals surface area contributed by atoms with E-state index in [1.54, 1.807) is 27.7 Å². The molecule has 0 heterocycles. The van der Waals surface area contributed by atoms with Gasteiger partial charge in [0.05, 0.1) is 0 Å². The summed E-state index contributed by atoms with van der Waals surface area (Å²) in [5.74, 6) is -1.65. The minimum absolute atomic E-state index is 0.164. The van der Waals surface area contributed by atoms with Gasteiger partial charge in [0.25, 0.3) is 0 Å². The molecule has 0 spiro atoms. The van der Waals surface area contributed by atoms with Gasteiger partial charge in [-0.25, -0.2) is 0 Å². The molecule has 0 fully saturated rings. The number of ether oxygens (including phenoxy) is 1. The van der Waals surface area contributed by atoms with E-state index in [9.17, 15) is 14.7 Å². The molecule has 2 atom stereocenters. The highest BCUT2D eigenvalue weighted by Gasteiger charge is 2.52. The molecule has 0 aliphatic carbocycles. The molecule has 0 amide bonds. The van der Waals surface area contributed by atoms with Crippen molar-refractivity contribution in [1.29, 1.82) is 0 Å². The van der Waals surface area contributed by atoms with Crippen molar-refractivity contribution in [3.05, 3.63) is 0 Å². The summed E-state index contributed by atoms with van der Waals surface area (Å²) in [6.07, 6.45) is -0.288. The Morgan fingerprint density at radius 2 is 1.47 bits per heavy atom. The van der Waals surface area contributed by atoms with E-state index >= 15 is 0 Å². The van der Waals surface area contributed by atoms with Crippen molar-refractivity contribution in [2.75, 3.05) is 0 Å². The Balaban J connectivity index is 5.12. The van der Waals surface area contributed by atoms with Crippen LogP contribution in [0.4, 0.5) is 0 Å². The Labute approximate surface area is 103 Å². The number of aliphatic carboxylic acids is 1. The zero-order chi connectivity index (χ0) is 14.0. The first-order valence-corrected chi connectivity index (χ1v) is 5.89. The van der Waals surface area contributed by atoms with Gasteiger partial charge in [0.15, 0.2) is 5.41 Å². The minimum atomic E-state index is -1.53. The highest BCUT2D eigenvalue weighted by atomic mass is 16.5. The van der Waals surface area contributed by atoms with Gasteiger partial charge in [0.1, 0.15) is 6.10 Å². The molecule has 4 heteroatoms.